The van der Waals surface area contributed by atoms with Crippen molar-refractivity contribution in [2.75, 3.05) is 37.7 Å². The highest BCUT2D eigenvalue weighted by Crippen LogP contribution is 2.31. The molecule has 0 saturated carbocycles. The van der Waals surface area contributed by atoms with Gasteiger partial charge < -0.3 is 20.2 Å². The summed E-state index contributed by atoms with van der Waals surface area (Å²) < 4.78 is 51.5. The molecule has 1 fully saturated rings. The molecule has 1 aliphatic rings. The van der Waals surface area contributed by atoms with Crippen molar-refractivity contribution in [1.29, 1.82) is 0 Å². The maximum atomic E-state index is 13.2. The van der Waals surface area contributed by atoms with Gasteiger partial charge in [-0.2, -0.15) is 13.2 Å². The fourth-order valence-electron chi connectivity index (χ4n) is 4.15. The van der Waals surface area contributed by atoms with Crippen LogP contribution < -0.4 is 10.2 Å². The van der Waals surface area contributed by atoms with E-state index >= 15 is 0 Å². The zero-order chi connectivity index (χ0) is 26.6. The molecule has 0 aliphatic carbocycles. The van der Waals surface area contributed by atoms with Crippen molar-refractivity contribution >= 4 is 17.5 Å². The first kappa shape index (κ1) is 26.2. The monoisotopic (exact) mass is 515 g/mol. The standard InChI is InChI=1S/C27H25F4N3O3/c28-22-9-11-23(12-10-22)33-13-15-34(16-14-33)26(37)24(17-35)32-25(36)20-3-1-18(2-4-20)19-5-7-21(8-6-19)27(29,30)31/h1-12,24,35H,13-17H2,(H,32,36). The fourth-order valence-corrected chi connectivity index (χ4v) is 4.15. The lowest BCUT2D eigenvalue weighted by Crippen LogP contribution is -2.56. The van der Waals surface area contributed by atoms with Crippen molar-refractivity contribution in [2.45, 2.75) is 12.2 Å². The predicted molar refractivity (Wildman–Crippen MR) is 130 cm³/mol. The predicted octanol–water partition coefficient (Wildman–Crippen LogP) is 3.95. The first-order chi connectivity index (χ1) is 17.7. The second-order valence-corrected chi connectivity index (χ2v) is 8.65. The van der Waals surface area contributed by atoms with Crippen LogP contribution in [-0.4, -0.2) is 60.6 Å². The highest BCUT2D eigenvalue weighted by molar-refractivity contribution is 5.98. The van der Waals surface area contributed by atoms with Gasteiger partial charge in [-0.25, -0.2) is 4.39 Å². The van der Waals surface area contributed by atoms with Gasteiger partial charge >= 0.3 is 6.18 Å². The molecule has 1 aliphatic heterocycles. The minimum Gasteiger partial charge on any atom is -0.394 e. The molecule has 1 unspecified atom stereocenters. The molecular formula is C27H25F4N3O3. The first-order valence-electron chi connectivity index (χ1n) is 11.6. The van der Waals surface area contributed by atoms with E-state index in [0.29, 0.717) is 37.3 Å². The van der Waals surface area contributed by atoms with E-state index < -0.39 is 36.2 Å². The van der Waals surface area contributed by atoms with Gasteiger partial charge in [-0.3, -0.25) is 9.59 Å². The summed E-state index contributed by atoms with van der Waals surface area (Å²) in [5, 5.41) is 12.3. The molecule has 37 heavy (non-hydrogen) atoms. The Kier molecular flexibility index (Phi) is 7.77. The summed E-state index contributed by atoms with van der Waals surface area (Å²) >= 11 is 0. The number of alkyl halides is 3. The Morgan fingerprint density at radius 3 is 1.89 bits per heavy atom. The van der Waals surface area contributed by atoms with Gasteiger partial charge in [0.25, 0.3) is 5.91 Å². The number of nitrogens with one attached hydrogen (secondary N) is 1. The number of halogens is 4. The molecule has 1 heterocycles. The van der Waals surface area contributed by atoms with Crippen molar-refractivity contribution in [2.24, 2.45) is 0 Å². The Bertz CT molecular complexity index is 1220. The van der Waals surface area contributed by atoms with Crippen molar-refractivity contribution in [1.82, 2.24) is 10.2 Å². The third-order valence-corrected chi connectivity index (χ3v) is 6.26. The smallest absolute Gasteiger partial charge is 0.394 e. The van der Waals surface area contributed by atoms with Gasteiger partial charge in [-0.05, 0) is 59.7 Å². The Morgan fingerprint density at radius 2 is 1.38 bits per heavy atom. The Labute approximate surface area is 211 Å². The molecule has 3 aromatic carbocycles. The van der Waals surface area contributed by atoms with E-state index in [4.69, 9.17) is 0 Å². The van der Waals surface area contributed by atoms with Gasteiger partial charge in [0.05, 0.1) is 12.2 Å². The SMILES string of the molecule is O=C(NC(CO)C(=O)N1CCN(c2ccc(F)cc2)CC1)c1ccc(-c2ccc(C(F)(F)F)cc2)cc1. The van der Waals surface area contributed by atoms with Crippen molar-refractivity contribution in [3.8, 4) is 11.1 Å². The normalized spacial score (nSPS) is 14.8. The molecule has 1 atom stereocenters. The molecule has 0 bridgehead atoms. The van der Waals surface area contributed by atoms with Gasteiger partial charge in [0.2, 0.25) is 5.91 Å². The number of carbonyl (C=O) groups excluding carboxylic acids is 2. The lowest BCUT2D eigenvalue weighted by Gasteiger charge is -2.37. The van der Waals surface area contributed by atoms with Crippen LogP contribution in [0.4, 0.5) is 23.2 Å². The van der Waals surface area contributed by atoms with Crippen molar-refractivity contribution in [3.63, 3.8) is 0 Å². The summed E-state index contributed by atoms with van der Waals surface area (Å²) in [5.74, 6) is -1.29. The maximum absolute atomic E-state index is 13.2. The number of anilines is 1. The summed E-state index contributed by atoms with van der Waals surface area (Å²) in [6.45, 7) is 1.23. The molecule has 0 aromatic heterocycles. The molecule has 4 rings (SSSR count). The molecule has 10 heteroatoms. The Hall–Kier alpha value is -3.92. The van der Waals surface area contributed by atoms with E-state index in [1.807, 2.05) is 4.90 Å². The van der Waals surface area contributed by atoms with E-state index in [1.54, 1.807) is 29.2 Å². The molecule has 3 aromatic rings. The number of piperazine rings is 1. The number of hydrogen-bond donors (Lipinski definition) is 2. The van der Waals surface area contributed by atoms with E-state index in [9.17, 15) is 32.3 Å². The van der Waals surface area contributed by atoms with Crippen molar-refractivity contribution < 1.29 is 32.3 Å². The zero-order valence-corrected chi connectivity index (χ0v) is 19.7. The number of amides is 2. The summed E-state index contributed by atoms with van der Waals surface area (Å²) in [7, 11) is 0. The van der Waals surface area contributed by atoms with E-state index in [1.165, 1.54) is 36.4 Å². The van der Waals surface area contributed by atoms with Crippen LogP contribution in [0.5, 0.6) is 0 Å². The minimum atomic E-state index is -4.42. The van der Waals surface area contributed by atoms with Crippen LogP contribution >= 0.6 is 0 Å². The van der Waals surface area contributed by atoms with Gasteiger partial charge in [0.1, 0.15) is 11.9 Å². The maximum Gasteiger partial charge on any atom is 0.416 e. The lowest BCUT2D eigenvalue weighted by atomic mass is 10.0. The first-order valence-corrected chi connectivity index (χ1v) is 11.6. The average Bonchev–Trinajstić information content (AvgIpc) is 2.91. The van der Waals surface area contributed by atoms with E-state index in [-0.39, 0.29) is 11.4 Å². The van der Waals surface area contributed by atoms with E-state index in [2.05, 4.69) is 5.32 Å². The molecular weight excluding hydrogens is 490 g/mol. The Morgan fingerprint density at radius 1 is 0.838 bits per heavy atom. The molecule has 0 radical (unpaired) electrons. The topological polar surface area (TPSA) is 72.9 Å². The zero-order valence-electron chi connectivity index (χ0n) is 19.7. The summed E-state index contributed by atoms with van der Waals surface area (Å²) in [5.41, 5.74) is 1.52. The number of nitrogens with zero attached hydrogens (tertiary/aromatic N) is 2. The van der Waals surface area contributed by atoms with Gasteiger partial charge in [-0.15, -0.1) is 0 Å². The second kappa shape index (κ2) is 11.0. The third kappa shape index (κ3) is 6.26. The van der Waals surface area contributed by atoms with Crippen LogP contribution in [0.25, 0.3) is 11.1 Å². The fraction of sp³-hybridized carbons (Fsp3) is 0.259. The largest absolute Gasteiger partial charge is 0.416 e. The van der Waals surface area contributed by atoms with Crippen LogP contribution in [-0.2, 0) is 11.0 Å². The third-order valence-electron chi connectivity index (χ3n) is 6.26. The Balaban J connectivity index is 1.34. The van der Waals surface area contributed by atoms with Crippen LogP contribution in [0.3, 0.4) is 0 Å². The molecule has 2 amide bonds. The molecule has 1 saturated heterocycles. The van der Waals surface area contributed by atoms with Crippen LogP contribution in [0.2, 0.25) is 0 Å². The quantitative estimate of drug-likeness (QED) is 0.488. The van der Waals surface area contributed by atoms with Gasteiger partial charge in [0, 0.05) is 37.4 Å². The number of rotatable bonds is 6. The molecule has 194 valence electrons. The van der Waals surface area contributed by atoms with Crippen LogP contribution in [0.1, 0.15) is 15.9 Å². The lowest BCUT2D eigenvalue weighted by molar-refractivity contribution is -0.137. The summed E-state index contributed by atoms with van der Waals surface area (Å²) in [4.78, 5) is 29.2. The van der Waals surface area contributed by atoms with Crippen molar-refractivity contribution in [3.05, 3.63) is 89.7 Å². The molecule has 0 spiro atoms. The summed E-state index contributed by atoms with van der Waals surface area (Å²) in [6.07, 6.45) is -4.42. The number of benzene rings is 3. The highest BCUT2D eigenvalue weighted by atomic mass is 19.4. The number of aliphatic hydroxyl groups excluding tert-OH is 1. The summed E-state index contributed by atoms with van der Waals surface area (Å²) in [6, 6.07) is 15.9. The second-order valence-electron chi connectivity index (χ2n) is 8.65. The van der Waals surface area contributed by atoms with Gasteiger partial charge in [0.15, 0.2) is 0 Å². The van der Waals surface area contributed by atoms with E-state index in [0.717, 1.165) is 17.8 Å². The number of hydrogen-bond acceptors (Lipinski definition) is 4. The minimum absolute atomic E-state index is 0.239. The number of aliphatic hydroxyl groups is 1. The van der Waals surface area contributed by atoms with Gasteiger partial charge in [-0.1, -0.05) is 24.3 Å². The van der Waals surface area contributed by atoms with Crippen LogP contribution in [0, 0.1) is 5.82 Å². The highest BCUT2D eigenvalue weighted by Gasteiger charge is 2.30. The van der Waals surface area contributed by atoms with Crippen LogP contribution in [0.15, 0.2) is 72.8 Å². The average molecular weight is 516 g/mol. The number of carbonyl (C=O) groups is 2. The molecule has 6 nitrogen and oxygen atoms in total. The molecule has 2 N–H and O–H groups in total.